The highest BCUT2D eigenvalue weighted by Crippen LogP contribution is 2.15. The maximum Gasteiger partial charge on any atom is 0.250 e. The van der Waals surface area contributed by atoms with Crippen molar-refractivity contribution in [1.82, 2.24) is 5.43 Å². The maximum atomic E-state index is 11.8. The van der Waals surface area contributed by atoms with Gasteiger partial charge in [0.1, 0.15) is 0 Å². The van der Waals surface area contributed by atoms with Gasteiger partial charge in [0.05, 0.1) is 12.0 Å². The number of hydrazone groups is 1. The van der Waals surface area contributed by atoms with Gasteiger partial charge < -0.3 is 0 Å². The van der Waals surface area contributed by atoms with Crippen molar-refractivity contribution in [3.05, 3.63) is 70.2 Å². The normalized spacial score (nSPS) is 11.2. The lowest BCUT2D eigenvalue weighted by molar-refractivity contribution is -0.118. The number of carbonyl (C=O) groups is 1. The minimum Gasteiger partial charge on any atom is -0.272 e. The molecule has 2 aromatic carbocycles. The second kappa shape index (κ2) is 9.50. The van der Waals surface area contributed by atoms with Gasteiger partial charge in [0.25, 0.3) is 0 Å². The van der Waals surface area contributed by atoms with Crippen molar-refractivity contribution in [3.63, 3.8) is 0 Å². The molecule has 0 spiro atoms. The van der Waals surface area contributed by atoms with Crippen molar-refractivity contribution in [1.29, 1.82) is 0 Å². The third-order valence-corrected chi connectivity index (χ3v) is 4.68. The molecule has 0 aliphatic heterocycles. The number of hydrogen-bond acceptors (Lipinski definition) is 3. The number of nitrogens with zero attached hydrogens (tertiary/aromatic N) is 1. The minimum absolute atomic E-state index is 0.107. The molecule has 1 N–H and O–H groups in total. The van der Waals surface area contributed by atoms with Crippen LogP contribution in [0.4, 0.5) is 0 Å². The number of amides is 1. The van der Waals surface area contributed by atoms with Gasteiger partial charge in [-0.25, -0.2) is 5.43 Å². The fraction of sp³-hybridized carbons (Fsp3) is 0.263. The van der Waals surface area contributed by atoms with E-state index in [1.807, 2.05) is 36.4 Å². The predicted octanol–water partition coefficient (Wildman–Crippen LogP) is 4.85. The van der Waals surface area contributed by atoms with Gasteiger partial charge in [0.15, 0.2) is 0 Å². The second-order valence-electron chi connectivity index (χ2n) is 5.73. The van der Waals surface area contributed by atoms with Crippen molar-refractivity contribution < 1.29 is 4.79 Å². The highest BCUT2D eigenvalue weighted by molar-refractivity contribution is 7.99. The zero-order chi connectivity index (χ0) is 17.4. The van der Waals surface area contributed by atoms with E-state index in [0.717, 1.165) is 21.9 Å². The molecule has 0 heterocycles. The van der Waals surface area contributed by atoms with E-state index in [-0.39, 0.29) is 5.91 Å². The van der Waals surface area contributed by atoms with E-state index in [1.165, 1.54) is 5.56 Å². The number of benzene rings is 2. The molecule has 5 heteroatoms. The molecule has 2 rings (SSSR count). The van der Waals surface area contributed by atoms with E-state index in [1.54, 1.807) is 18.0 Å². The van der Waals surface area contributed by atoms with Crippen LogP contribution in [0.2, 0.25) is 5.02 Å². The minimum atomic E-state index is -0.107. The summed E-state index contributed by atoms with van der Waals surface area (Å²) in [5.74, 6) is 1.54. The van der Waals surface area contributed by atoms with Gasteiger partial charge in [-0.1, -0.05) is 61.8 Å². The molecule has 126 valence electrons. The Morgan fingerprint density at radius 3 is 2.46 bits per heavy atom. The fourth-order valence-corrected chi connectivity index (χ4v) is 2.93. The van der Waals surface area contributed by atoms with Crippen LogP contribution in [-0.4, -0.2) is 17.9 Å². The fourth-order valence-electron chi connectivity index (χ4n) is 2.02. The first-order valence-corrected chi connectivity index (χ1v) is 9.32. The predicted molar refractivity (Wildman–Crippen MR) is 104 cm³/mol. The number of halogens is 1. The third-order valence-electron chi connectivity index (χ3n) is 3.42. The van der Waals surface area contributed by atoms with E-state index in [9.17, 15) is 4.79 Å². The van der Waals surface area contributed by atoms with Crippen molar-refractivity contribution in [3.8, 4) is 0 Å². The molecular formula is C19H21ClN2OS. The van der Waals surface area contributed by atoms with Crippen molar-refractivity contribution in [2.24, 2.45) is 5.10 Å². The molecule has 0 saturated heterocycles. The van der Waals surface area contributed by atoms with E-state index in [4.69, 9.17) is 11.6 Å². The van der Waals surface area contributed by atoms with Crippen LogP contribution in [0.3, 0.4) is 0 Å². The zero-order valence-electron chi connectivity index (χ0n) is 13.8. The highest BCUT2D eigenvalue weighted by Gasteiger charge is 2.01. The summed E-state index contributed by atoms with van der Waals surface area (Å²) in [6.07, 6.45) is 1.66. The number of rotatable bonds is 7. The van der Waals surface area contributed by atoms with Gasteiger partial charge in [-0.3, -0.25) is 4.79 Å². The molecule has 0 aromatic heterocycles. The molecule has 2 aromatic rings. The molecule has 0 fully saturated rings. The lowest BCUT2D eigenvalue weighted by Crippen LogP contribution is -2.19. The molecule has 0 aliphatic rings. The second-order valence-corrected chi connectivity index (χ2v) is 7.16. The van der Waals surface area contributed by atoms with Gasteiger partial charge in [-0.2, -0.15) is 5.10 Å². The Labute approximate surface area is 152 Å². The molecule has 0 bridgehead atoms. The number of nitrogens with one attached hydrogen (secondary N) is 1. The molecule has 3 nitrogen and oxygen atoms in total. The van der Waals surface area contributed by atoms with Gasteiger partial charge >= 0.3 is 0 Å². The summed E-state index contributed by atoms with van der Waals surface area (Å²) in [5, 5.41) is 4.72. The van der Waals surface area contributed by atoms with Crippen LogP contribution >= 0.6 is 23.4 Å². The Morgan fingerprint density at radius 1 is 1.17 bits per heavy atom. The molecule has 0 saturated carbocycles. The Hall–Kier alpha value is -1.78. The zero-order valence-corrected chi connectivity index (χ0v) is 15.4. The summed E-state index contributed by atoms with van der Waals surface area (Å²) in [6.45, 7) is 4.32. The van der Waals surface area contributed by atoms with E-state index in [0.29, 0.717) is 11.7 Å². The number of thioether (sulfide) groups is 1. The standard InChI is InChI=1S/C19H21ClN2OS/c1-14(2)17-7-3-15(4-8-17)11-21-22-19(23)13-24-12-16-5-9-18(20)10-6-16/h3-11,14H,12-13H2,1-2H3,(H,22,23)/b21-11-. The molecule has 0 radical (unpaired) electrons. The highest BCUT2D eigenvalue weighted by atomic mass is 35.5. The molecule has 24 heavy (non-hydrogen) atoms. The largest absolute Gasteiger partial charge is 0.272 e. The van der Waals surface area contributed by atoms with Crippen LogP contribution in [0.15, 0.2) is 53.6 Å². The quantitative estimate of drug-likeness (QED) is 0.566. The van der Waals surface area contributed by atoms with Gasteiger partial charge in [0, 0.05) is 10.8 Å². The average Bonchev–Trinajstić information content (AvgIpc) is 2.57. The van der Waals surface area contributed by atoms with Crippen LogP contribution < -0.4 is 5.43 Å². The van der Waals surface area contributed by atoms with Crippen molar-refractivity contribution in [2.45, 2.75) is 25.5 Å². The molecule has 1 amide bonds. The Balaban J connectivity index is 1.71. The summed E-state index contributed by atoms with van der Waals surface area (Å²) in [7, 11) is 0. The van der Waals surface area contributed by atoms with Crippen molar-refractivity contribution >= 4 is 35.5 Å². The summed E-state index contributed by atoms with van der Waals surface area (Å²) in [5.41, 5.74) is 5.95. The smallest absolute Gasteiger partial charge is 0.250 e. The number of hydrogen-bond donors (Lipinski definition) is 1. The topological polar surface area (TPSA) is 41.5 Å². The first kappa shape index (κ1) is 18.6. The lowest BCUT2D eigenvalue weighted by Gasteiger charge is -2.04. The summed E-state index contributed by atoms with van der Waals surface area (Å²) < 4.78 is 0. The molecule has 0 atom stereocenters. The van der Waals surface area contributed by atoms with E-state index in [2.05, 4.69) is 36.5 Å². The van der Waals surface area contributed by atoms with Crippen LogP contribution in [0.25, 0.3) is 0 Å². The SMILES string of the molecule is CC(C)c1ccc(/C=N\NC(=O)CSCc2ccc(Cl)cc2)cc1. The summed E-state index contributed by atoms with van der Waals surface area (Å²) in [6, 6.07) is 15.8. The van der Waals surface area contributed by atoms with Crippen LogP contribution in [-0.2, 0) is 10.5 Å². The molecule has 0 unspecified atom stereocenters. The third kappa shape index (κ3) is 6.38. The van der Waals surface area contributed by atoms with Gasteiger partial charge in [-0.05, 0) is 34.7 Å². The molecule has 0 aliphatic carbocycles. The average molecular weight is 361 g/mol. The molecular weight excluding hydrogens is 340 g/mol. The number of carbonyl (C=O) groups excluding carboxylic acids is 1. The maximum absolute atomic E-state index is 11.8. The lowest BCUT2D eigenvalue weighted by atomic mass is 10.0. The van der Waals surface area contributed by atoms with Crippen LogP contribution in [0, 0.1) is 0 Å². The van der Waals surface area contributed by atoms with E-state index >= 15 is 0 Å². The Bertz CT molecular complexity index is 682. The van der Waals surface area contributed by atoms with Gasteiger partial charge in [0.2, 0.25) is 5.91 Å². The van der Waals surface area contributed by atoms with Crippen LogP contribution in [0.1, 0.15) is 36.5 Å². The van der Waals surface area contributed by atoms with Gasteiger partial charge in [-0.15, -0.1) is 11.8 Å². The summed E-state index contributed by atoms with van der Waals surface area (Å²) >= 11 is 7.38. The van der Waals surface area contributed by atoms with Crippen LogP contribution in [0.5, 0.6) is 0 Å². The first-order valence-electron chi connectivity index (χ1n) is 7.78. The Kier molecular flexibility index (Phi) is 7.35. The first-order chi connectivity index (χ1) is 11.5. The van der Waals surface area contributed by atoms with Crippen molar-refractivity contribution in [2.75, 3.05) is 5.75 Å². The van der Waals surface area contributed by atoms with E-state index < -0.39 is 0 Å². The monoisotopic (exact) mass is 360 g/mol. The Morgan fingerprint density at radius 2 is 1.83 bits per heavy atom. The summed E-state index contributed by atoms with van der Waals surface area (Å²) in [4.78, 5) is 11.8.